The van der Waals surface area contributed by atoms with E-state index < -0.39 is 6.10 Å². The molecule has 3 rings (SSSR count). The normalized spacial score (nSPS) is 17.0. The summed E-state index contributed by atoms with van der Waals surface area (Å²) in [7, 11) is 0. The number of nitrogens with zero attached hydrogens (tertiary/aromatic N) is 1. The third-order valence-electron chi connectivity index (χ3n) is 3.22. The number of aromatic nitrogens is 1. The van der Waals surface area contributed by atoms with Crippen molar-refractivity contribution in [3.63, 3.8) is 0 Å². The fraction of sp³-hybridized carbons (Fsp3) is 0.357. The van der Waals surface area contributed by atoms with Crippen LogP contribution in [-0.4, -0.2) is 10.1 Å². The Kier molecular flexibility index (Phi) is 2.95. The van der Waals surface area contributed by atoms with Gasteiger partial charge in [0.2, 0.25) is 0 Å². The molecule has 88 valence electrons. The van der Waals surface area contributed by atoms with Crippen molar-refractivity contribution in [2.24, 2.45) is 0 Å². The maximum Gasteiger partial charge on any atom is 0.0838 e. The van der Waals surface area contributed by atoms with Crippen LogP contribution in [0.4, 0.5) is 0 Å². The zero-order chi connectivity index (χ0) is 11.7. The van der Waals surface area contributed by atoms with E-state index >= 15 is 0 Å². The van der Waals surface area contributed by atoms with Crippen LogP contribution in [0.1, 0.15) is 40.9 Å². The third-order valence-corrected chi connectivity index (χ3v) is 4.02. The molecular weight excluding hydrogens is 230 g/mol. The number of benzene rings is 1. The van der Waals surface area contributed by atoms with Gasteiger partial charge >= 0.3 is 0 Å². The molecule has 1 heterocycles. The van der Waals surface area contributed by atoms with Gasteiger partial charge in [0.15, 0.2) is 0 Å². The van der Waals surface area contributed by atoms with E-state index in [4.69, 9.17) is 0 Å². The highest BCUT2D eigenvalue weighted by atomic mass is 32.1. The molecule has 0 amide bonds. The van der Waals surface area contributed by atoms with Crippen LogP contribution in [0, 0.1) is 0 Å². The summed E-state index contributed by atoms with van der Waals surface area (Å²) in [5, 5.41) is 10.2. The monoisotopic (exact) mass is 245 g/mol. The van der Waals surface area contributed by atoms with Gasteiger partial charge in [0.1, 0.15) is 0 Å². The number of hydrogen-bond donors (Lipinski definition) is 1. The topological polar surface area (TPSA) is 33.1 Å². The molecule has 1 N–H and O–H groups in total. The molecule has 1 unspecified atom stereocenters. The minimum absolute atomic E-state index is 0.408. The van der Waals surface area contributed by atoms with Gasteiger partial charge in [0.05, 0.1) is 11.6 Å². The molecule has 0 radical (unpaired) electrons. The molecule has 1 aliphatic carbocycles. The summed E-state index contributed by atoms with van der Waals surface area (Å²) >= 11 is 1.60. The first-order valence-corrected chi connectivity index (χ1v) is 6.86. The van der Waals surface area contributed by atoms with Crippen LogP contribution in [-0.2, 0) is 6.42 Å². The predicted octanol–water partition coefficient (Wildman–Crippen LogP) is 3.30. The Morgan fingerprint density at radius 1 is 1.41 bits per heavy atom. The van der Waals surface area contributed by atoms with Crippen LogP contribution < -0.4 is 0 Å². The molecule has 1 atom stereocenters. The van der Waals surface area contributed by atoms with E-state index in [1.54, 1.807) is 11.3 Å². The minimum Gasteiger partial charge on any atom is -0.388 e. The van der Waals surface area contributed by atoms with Crippen molar-refractivity contribution in [3.05, 3.63) is 52.0 Å². The maximum absolute atomic E-state index is 10.2. The molecule has 0 aliphatic heterocycles. The van der Waals surface area contributed by atoms with Gasteiger partial charge in [-0.25, -0.2) is 0 Å². The summed E-state index contributed by atoms with van der Waals surface area (Å²) in [5.41, 5.74) is 4.22. The largest absolute Gasteiger partial charge is 0.388 e. The number of aliphatic hydroxyl groups excluding tert-OH is 1. The number of hydrogen-bond acceptors (Lipinski definition) is 3. The molecule has 1 aliphatic rings. The first-order valence-electron chi connectivity index (χ1n) is 5.98. The molecular formula is C14H15NOS. The van der Waals surface area contributed by atoms with E-state index in [1.165, 1.54) is 18.4 Å². The van der Waals surface area contributed by atoms with Crippen molar-refractivity contribution < 1.29 is 5.11 Å². The Hall–Kier alpha value is -1.19. The van der Waals surface area contributed by atoms with E-state index in [2.05, 4.69) is 23.2 Å². The summed E-state index contributed by atoms with van der Waals surface area (Å²) < 4.78 is 0. The summed E-state index contributed by atoms with van der Waals surface area (Å²) in [4.78, 5) is 5.17. The average molecular weight is 245 g/mol. The summed E-state index contributed by atoms with van der Waals surface area (Å²) in [6.45, 7) is 0. The predicted molar refractivity (Wildman–Crippen MR) is 69.2 cm³/mol. The van der Waals surface area contributed by atoms with Gasteiger partial charge in [0.25, 0.3) is 0 Å². The van der Waals surface area contributed by atoms with Crippen LogP contribution in [0.15, 0.2) is 36.0 Å². The lowest BCUT2D eigenvalue weighted by atomic mass is 10.0. The van der Waals surface area contributed by atoms with Crippen LogP contribution >= 0.6 is 11.3 Å². The lowest BCUT2D eigenvalue weighted by Crippen LogP contribution is -2.01. The van der Waals surface area contributed by atoms with Gasteiger partial charge in [-0.1, -0.05) is 24.3 Å². The Labute approximate surface area is 105 Å². The minimum atomic E-state index is -0.408. The second-order valence-corrected chi connectivity index (χ2v) is 5.60. The molecule has 0 bridgehead atoms. The van der Waals surface area contributed by atoms with Crippen LogP contribution in [0.5, 0.6) is 0 Å². The molecule has 1 saturated carbocycles. The second-order valence-electron chi connectivity index (χ2n) is 4.63. The van der Waals surface area contributed by atoms with Crippen molar-refractivity contribution in [1.82, 2.24) is 4.98 Å². The van der Waals surface area contributed by atoms with Gasteiger partial charge in [-0.2, -0.15) is 0 Å². The van der Waals surface area contributed by atoms with E-state index in [0.29, 0.717) is 6.42 Å². The molecule has 2 aromatic rings. The molecule has 0 spiro atoms. The van der Waals surface area contributed by atoms with Crippen LogP contribution in [0.3, 0.4) is 0 Å². The first-order chi connectivity index (χ1) is 8.33. The molecule has 1 aromatic carbocycles. The third kappa shape index (κ3) is 2.56. The molecule has 1 aromatic heterocycles. The summed E-state index contributed by atoms with van der Waals surface area (Å²) in [6.07, 6.45) is 4.69. The van der Waals surface area contributed by atoms with E-state index in [0.717, 1.165) is 16.4 Å². The summed E-state index contributed by atoms with van der Waals surface area (Å²) in [5.74, 6) is 0.741. The van der Waals surface area contributed by atoms with Crippen molar-refractivity contribution in [2.45, 2.75) is 31.3 Å². The second kappa shape index (κ2) is 4.59. The SMILES string of the molecule is OC(Cc1cncs1)c1cccc(C2CC2)c1. The zero-order valence-corrected chi connectivity index (χ0v) is 10.4. The average Bonchev–Trinajstić information content (AvgIpc) is 3.09. The standard InChI is InChI=1S/C14H15NOS/c16-14(7-13-8-15-9-17-13)12-3-1-2-11(6-12)10-4-5-10/h1-3,6,8-10,14,16H,4-5,7H2. The lowest BCUT2D eigenvalue weighted by molar-refractivity contribution is 0.179. The fourth-order valence-corrected chi connectivity index (χ4v) is 2.72. The molecule has 1 fully saturated rings. The van der Waals surface area contributed by atoms with E-state index in [9.17, 15) is 5.11 Å². The first kappa shape index (κ1) is 10.9. The number of thiazole rings is 1. The molecule has 3 heteroatoms. The molecule has 0 saturated heterocycles. The highest BCUT2D eigenvalue weighted by Gasteiger charge is 2.24. The Balaban J connectivity index is 1.76. The molecule has 17 heavy (non-hydrogen) atoms. The Morgan fingerprint density at radius 3 is 3.00 bits per heavy atom. The van der Waals surface area contributed by atoms with Gasteiger partial charge < -0.3 is 5.11 Å². The van der Waals surface area contributed by atoms with Crippen LogP contribution in [0.2, 0.25) is 0 Å². The smallest absolute Gasteiger partial charge is 0.0838 e. The van der Waals surface area contributed by atoms with E-state index in [1.807, 2.05) is 17.8 Å². The summed E-state index contributed by atoms with van der Waals surface area (Å²) in [6, 6.07) is 8.39. The fourth-order valence-electron chi connectivity index (χ4n) is 2.09. The number of rotatable bonds is 4. The van der Waals surface area contributed by atoms with Crippen molar-refractivity contribution in [3.8, 4) is 0 Å². The van der Waals surface area contributed by atoms with Gasteiger partial charge in [0, 0.05) is 17.5 Å². The van der Waals surface area contributed by atoms with E-state index in [-0.39, 0.29) is 0 Å². The van der Waals surface area contributed by atoms with Crippen molar-refractivity contribution in [2.75, 3.05) is 0 Å². The zero-order valence-electron chi connectivity index (χ0n) is 9.54. The van der Waals surface area contributed by atoms with Crippen molar-refractivity contribution in [1.29, 1.82) is 0 Å². The highest BCUT2D eigenvalue weighted by Crippen LogP contribution is 2.40. The Bertz CT molecular complexity index is 491. The van der Waals surface area contributed by atoms with Crippen molar-refractivity contribution >= 4 is 11.3 Å². The lowest BCUT2D eigenvalue weighted by Gasteiger charge is -2.11. The van der Waals surface area contributed by atoms with Gasteiger partial charge in [-0.05, 0) is 29.9 Å². The van der Waals surface area contributed by atoms with Gasteiger partial charge in [-0.15, -0.1) is 11.3 Å². The molecule has 2 nitrogen and oxygen atoms in total. The quantitative estimate of drug-likeness (QED) is 0.896. The Morgan fingerprint density at radius 2 is 2.29 bits per heavy atom. The number of aliphatic hydroxyl groups is 1. The van der Waals surface area contributed by atoms with Crippen LogP contribution in [0.25, 0.3) is 0 Å². The highest BCUT2D eigenvalue weighted by molar-refractivity contribution is 7.09. The van der Waals surface area contributed by atoms with Gasteiger partial charge in [-0.3, -0.25) is 4.98 Å². The maximum atomic E-state index is 10.2.